The minimum absolute atomic E-state index is 0.0139. The number of hydrogen-bond acceptors (Lipinski definition) is 3. The van der Waals surface area contributed by atoms with E-state index in [1.807, 2.05) is 13.0 Å². The van der Waals surface area contributed by atoms with E-state index in [4.69, 9.17) is 10.5 Å². The van der Waals surface area contributed by atoms with Crippen molar-refractivity contribution in [2.24, 2.45) is 5.73 Å². The van der Waals surface area contributed by atoms with Gasteiger partial charge in [-0.2, -0.15) is 0 Å². The third kappa shape index (κ3) is 1.82. The van der Waals surface area contributed by atoms with Crippen molar-refractivity contribution in [3.05, 3.63) is 28.0 Å². The highest BCUT2D eigenvalue weighted by molar-refractivity contribution is 9.10. The number of aryl methyl sites for hydroxylation is 1. The maximum Gasteiger partial charge on any atom is 0.0994 e. The second-order valence-corrected chi connectivity index (χ2v) is 4.49. The van der Waals surface area contributed by atoms with Crippen LogP contribution in [-0.2, 0) is 4.74 Å². The monoisotopic (exact) mass is 256 g/mol. The molecule has 14 heavy (non-hydrogen) atoms. The summed E-state index contributed by atoms with van der Waals surface area (Å²) < 4.78 is 6.57. The maximum atomic E-state index is 5.96. The molecule has 4 heteroatoms. The van der Waals surface area contributed by atoms with Crippen LogP contribution in [0.3, 0.4) is 0 Å². The molecule has 0 bridgehead atoms. The Bertz CT molecular complexity index is 343. The van der Waals surface area contributed by atoms with Gasteiger partial charge in [-0.1, -0.05) is 0 Å². The molecule has 0 spiro atoms. The molecule has 1 aliphatic rings. The molecule has 0 saturated carbocycles. The number of hydrogen-bond donors (Lipinski definition) is 1. The first-order chi connectivity index (χ1) is 6.68. The van der Waals surface area contributed by atoms with Gasteiger partial charge in [-0.25, -0.2) is 0 Å². The summed E-state index contributed by atoms with van der Waals surface area (Å²) in [6, 6.07) is 2.14. The van der Waals surface area contributed by atoms with Crippen molar-refractivity contribution in [1.82, 2.24) is 4.98 Å². The second kappa shape index (κ2) is 3.96. The van der Waals surface area contributed by atoms with Gasteiger partial charge in [0.15, 0.2) is 0 Å². The summed E-state index contributed by atoms with van der Waals surface area (Å²) in [5, 5.41) is 0. The van der Waals surface area contributed by atoms with Gasteiger partial charge in [0.25, 0.3) is 0 Å². The Labute approximate surface area is 91.8 Å². The van der Waals surface area contributed by atoms with E-state index in [0.717, 1.165) is 28.8 Å². The fraction of sp³-hybridized carbons (Fsp3) is 0.500. The van der Waals surface area contributed by atoms with E-state index in [1.165, 1.54) is 0 Å². The minimum atomic E-state index is 0.0139. The first-order valence-corrected chi connectivity index (χ1v) is 5.47. The smallest absolute Gasteiger partial charge is 0.0994 e. The predicted octanol–water partition coefficient (Wildman–Crippen LogP) is 1.94. The first-order valence-electron chi connectivity index (χ1n) is 4.67. The zero-order valence-electron chi connectivity index (χ0n) is 8.03. The Kier molecular flexibility index (Phi) is 2.85. The average Bonchev–Trinajstić information content (AvgIpc) is 2.56. The van der Waals surface area contributed by atoms with Gasteiger partial charge in [-0.05, 0) is 35.3 Å². The molecule has 1 aromatic rings. The van der Waals surface area contributed by atoms with Crippen molar-refractivity contribution in [1.29, 1.82) is 0 Å². The largest absolute Gasteiger partial charge is 0.372 e. The molecular formula is C10H13BrN2O. The molecule has 76 valence electrons. The van der Waals surface area contributed by atoms with E-state index in [1.54, 1.807) is 6.20 Å². The van der Waals surface area contributed by atoms with Crippen LogP contribution in [0.15, 0.2) is 16.7 Å². The summed E-state index contributed by atoms with van der Waals surface area (Å²) >= 11 is 3.40. The number of nitrogens with zero attached hydrogens (tertiary/aromatic N) is 1. The molecule has 0 radical (unpaired) electrons. The molecule has 3 nitrogen and oxygen atoms in total. The lowest BCUT2D eigenvalue weighted by atomic mass is 10.0. The minimum Gasteiger partial charge on any atom is -0.372 e. The zero-order valence-corrected chi connectivity index (χ0v) is 9.62. The summed E-state index contributed by atoms with van der Waals surface area (Å²) in [6.45, 7) is 2.73. The highest BCUT2D eigenvalue weighted by Gasteiger charge is 2.28. The fourth-order valence-corrected chi connectivity index (χ4v) is 2.09. The van der Waals surface area contributed by atoms with Gasteiger partial charge in [0.05, 0.1) is 6.10 Å². The Balaban J connectivity index is 2.34. The number of nitrogens with two attached hydrogens (primary N) is 1. The molecule has 1 saturated heterocycles. The lowest BCUT2D eigenvalue weighted by Gasteiger charge is -2.16. The van der Waals surface area contributed by atoms with Gasteiger partial charge in [0, 0.05) is 34.6 Å². The lowest BCUT2D eigenvalue weighted by molar-refractivity contribution is 0.104. The van der Waals surface area contributed by atoms with Crippen molar-refractivity contribution in [3.63, 3.8) is 0 Å². The van der Waals surface area contributed by atoms with Crippen LogP contribution in [0, 0.1) is 6.92 Å². The van der Waals surface area contributed by atoms with Crippen molar-refractivity contribution in [2.45, 2.75) is 25.5 Å². The van der Waals surface area contributed by atoms with Gasteiger partial charge in [-0.15, -0.1) is 0 Å². The number of halogens is 1. The number of rotatable bonds is 1. The topological polar surface area (TPSA) is 48.1 Å². The average molecular weight is 257 g/mol. The second-order valence-electron chi connectivity index (χ2n) is 3.57. The Morgan fingerprint density at radius 2 is 2.43 bits per heavy atom. The fourth-order valence-electron chi connectivity index (χ4n) is 1.74. The van der Waals surface area contributed by atoms with Gasteiger partial charge in [0.2, 0.25) is 0 Å². The Morgan fingerprint density at radius 1 is 1.64 bits per heavy atom. The molecule has 0 aliphatic carbocycles. The van der Waals surface area contributed by atoms with Gasteiger partial charge in [0.1, 0.15) is 0 Å². The first kappa shape index (κ1) is 10.1. The van der Waals surface area contributed by atoms with Crippen LogP contribution in [0.4, 0.5) is 0 Å². The van der Waals surface area contributed by atoms with Crippen LogP contribution in [0.5, 0.6) is 0 Å². The Hall–Kier alpha value is -0.450. The molecule has 0 unspecified atom stereocenters. The molecule has 0 aromatic carbocycles. The summed E-state index contributed by atoms with van der Waals surface area (Å²) in [4.78, 5) is 4.28. The van der Waals surface area contributed by atoms with Crippen molar-refractivity contribution in [2.75, 3.05) is 6.61 Å². The summed E-state index contributed by atoms with van der Waals surface area (Å²) in [5.74, 6) is 0. The number of ether oxygens (including phenoxy) is 1. The molecule has 2 heterocycles. The standard InChI is InChI=1S/C10H13BrN2O/c1-6-8(4-7(11)5-13-6)10-9(12)2-3-14-10/h4-5,9-10H,2-3,12H2,1H3/t9-,10+/m0/s1. The highest BCUT2D eigenvalue weighted by atomic mass is 79.9. The van der Waals surface area contributed by atoms with Crippen LogP contribution in [0.1, 0.15) is 23.8 Å². The van der Waals surface area contributed by atoms with E-state index in [9.17, 15) is 0 Å². The maximum absolute atomic E-state index is 5.96. The molecule has 1 aromatic heterocycles. The normalized spacial score (nSPS) is 26.8. The van der Waals surface area contributed by atoms with Crippen LogP contribution in [0.25, 0.3) is 0 Å². The van der Waals surface area contributed by atoms with Crippen molar-refractivity contribution >= 4 is 15.9 Å². The number of pyridine rings is 1. The van der Waals surface area contributed by atoms with Crippen molar-refractivity contribution < 1.29 is 4.74 Å². The van der Waals surface area contributed by atoms with Crippen LogP contribution in [-0.4, -0.2) is 17.6 Å². The van der Waals surface area contributed by atoms with E-state index in [2.05, 4.69) is 20.9 Å². The SMILES string of the molecule is Cc1ncc(Br)cc1[C@H]1OCC[C@@H]1N. The molecule has 1 aliphatic heterocycles. The van der Waals surface area contributed by atoms with E-state index in [0.29, 0.717) is 0 Å². The third-order valence-electron chi connectivity index (χ3n) is 2.54. The molecule has 0 amide bonds. The summed E-state index contributed by atoms with van der Waals surface area (Å²) in [7, 11) is 0. The van der Waals surface area contributed by atoms with Gasteiger partial charge in [-0.3, -0.25) is 4.98 Å². The number of aromatic nitrogens is 1. The quantitative estimate of drug-likeness (QED) is 0.836. The predicted molar refractivity (Wildman–Crippen MR) is 58.0 cm³/mol. The molecule has 1 fully saturated rings. The summed E-state index contributed by atoms with van der Waals surface area (Å²) in [6.07, 6.45) is 2.73. The van der Waals surface area contributed by atoms with E-state index < -0.39 is 0 Å². The molecule has 2 atom stereocenters. The van der Waals surface area contributed by atoms with Crippen LogP contribution in [0.2, 0.25) is 0 Å². The Morgan fingerprint density at radius 3 is 3.07 bits per heavy atom. The van der Waals surface area contributed by atoms with E-state index >= 15 is 0 Å². The van der Waals surface area contributed by atoms with E-state index in [-0.39, 0.29) is 12.1 Å². The molecule has 2 rings (SSSR count). The van der Waals surface area contributed by atoms with Crippen LogP contribution >= 0.6 is 15.9 Å². The van der Waals surface area contributed by atoms with Gasteiger partial charge < -0.3 is 10.5 Å². The highest BCUT2D eigenvalue weighted by Crippen LogP contribution is 2.30. The third-order valence-corrected chi connectivity index (χ3v) is 2.97. The lowest BCUT2D eigenvalue weighted by Crippen LogP contribution is -2.24. The molecular weight excluding hydrogens is 244 g/mol. The van der Waals surface area contributed by atoms with Crippen LogP contribution < -0.4 is 5.73 Å². The zero-order chi connectivity index (χ0) is 10.1. The van der Waals surface area contributed by atoms with Gasteiger partial charge >= 0.3 is 0 Å². The summed E-state index contributed by atoms with van der Waals surface area (Å²) in [5.41, 5.74) is 8.06. The molecule has 2 N–H and O–H groups in total. The van der Waals surface area contributed by atoms with Crippen molar-refractivity contribution in [3.8, 4) is 0 Å².